The molecule has 0 saturated carbocycles. The lowest BCUT2D eigenvalue weighted by Crippen LogP contribution is -2.11. The first kappa shape index (κ1) is 21.2. The van der Waals surface area contributed by atoms with Crippen LogP contribution in [-0.4, -0.2) is 17.7 Å². The van der Waals surface area contributed by atoms with Crippen LogP contribution >= 0.6 is 0 Å². The third-order valence-electron chi connectivity index (χ3n) is 4.76. The van der Waals surface area contributed by atoms with Crippen molar-refractivity contribution in [3.8, 4) is 5.75 Å². The third kappa shape index (κ3) is 6.55. The van der Waals surface area contributed by atoms with Gasteiger partial charge in [-0.15, -0.1) is 0 Å². The average molecular weight is 403 g/mol. The minimum atomic E-state index is -0.293. The van der Waals surface area contributed by atoms with Gasteiger partial charge in [0.2, 0.25) is 0 Å². The summed E-state index contributed by atoms with van der Waals surface area (Å²) in [5, 5.41) is 2.80. The molecule has 0 bridgehead atoms. The van der Waals surface area contributed by atoms with Crippen LogP contribution in [0.4, 0.5) is 5.69 Å². The molecule has 0 spiro atoms. The van der Waals surface area contributed by atoms with Gasteiger partial charge in [-0.2, -0.15) is 0 Å². The van der Waals surface area contributed by atoms with Gasteiger partial charge in [0, 0.05) is 24.1 Å². The normalized spacial score (nSPS) is 13.3. The number of ether oxygens (including phenoxy) is 1. The first-order valence-electron chi connectivity index (χ1n) is 10.2. The monoisotopic (exact) mass is 403 g/mol. The summed E-state index contributed by atoms with van der Waals surface area (Å²) >= 11 is 0. The minimum Gasteiger partial charge on any atom is -0.427 e. The van der Waals surface area contributed by atoms with Crippen LogP contribution in [0.2, 0.25) is 0 Å². The molecule has 0 aromatic heterocycles. The minimum absolute atomic E-state index is 0.193. The Morgan fingerprint density at radius 1 is 1.00 bits per heavy atom. The van der Waals surface area contributed by atoms with E-state index in [1.54, 1.807) is 48.5 Å². The van der Waals surface area contributed by atoms with E-state index in [1.165, 1.54) is 0 Å². The van der Waals surface area contributed by atoms with Crippen molar-refractivity contribution in [2.24, 2.45) is 0 Å². The molecule has 1 amide bonds. The van der Waals surface area contributed by atoms with Crippen LogP contribution in [0.1, 0.15) is 48.9 Å². The molecule has 0 saturated heterocycles. The molecule has 0 aliphatic heterocycles. The molecule has 0 heterocycles. The Bertz CT molecular complexity index is 943. The van der Waals surface area contributed by atoms with Gasteiger partial charge in [0.1, 0.15) is 5.75 Å². The Morgan fingerprint density at radius 2 is 1.77 bits per heavy atom. The number of rotatable bonds is 9. The molecule has 2 aromatic carbocycles. The number of benzene rings is 2. The summed E-state index contributed by atoms with van der Waals surface area (Å²) in [5.41, 5.74) is 2.10. The van der Waals surface area contributed by atoms with Gasteiger partial charge in [-0.3, -0.25) is 14.4 Å². The molecule has 5 nitrogen and oxygen atoms in total. The van der Waals surface area contributed by atoms with E-state index >= 15 is 0 Å². The van der Waals surface area contributed by atoms with E-state index < -0.39 is 0 Å². The lowest BCUT2D eigenvalue weighted by molar-refractivity contribution is -0.134. The van der Waals surface area contributed by atoms with Crippen LogP contribution < -0.4 is 10.1 Å². The van der Waals surface area contributed by atoms with Crippen LogP contribution in [-0.2, 0) is 9.59 Å². The van der Waals surface area contributed by atoms with Crippen LogP contribution in [0.15, 0.2) is 78.4 Å². The first-order chi connectivity index (χ1) is 14.6. The van der Waals surface area contributed by atoms with Crippen molar-refractivity contribution in [3.05, 3.63) is 84.0 Å². The van der Waals surface area contributed by atoms with Gasteiger partial charge in [0.05, 0.1) is 0 Å². The predicted molar refractivity (Wildman–Crippen MR) is 116 cm³/mol. The van der Waals surface area contributed by atoms with Gasteiger partial charge >= 0.3 is 5.97 Å². The van der Waals surface area contributed by atoms with Crippen molar-refractivity contribution >= 4 is 23.3 Å². The molecule has 0 radical (unpaired) electrons. The number of unbranched alkanes of at least 4 members (excludes halogenated alkanes) is 1. The number of hydrogen-bond donors (Lipinski definition) is 1. The molecular formula is C25H25NO4. The molecule has 1 aliphatic carbocycles. The van der Waals surface area contributed by atoms with E-state index in [0.29, 0.717) is 42.7 Å². The molecule has 5 heteroatoms. The largest absolute Gasteiger partial charge is 0.427 e. The van der Waals surface area contributed by atoms with E-state index in [0.717, 1.165) is 18.4 Å². The molecule has 30 heavy (non-hydrogen) atoms. The van der Waals surface area contributed by atoms with Gasteiger partial charge in [0.15, 0.2) is 5.78 Å². The molecule has 0 unspecified atom stereocenters. The van der Waals surface area contributed by atoms with Crippen molar-refractivity contribution in [1.82, 2.24) is 0 Å². The average Bonchev–Trinajstić information content (AvgIpc) is 3.17. The molecule has 3 rings (SSSR count). The number of nitrogens with one attached hydrogen (secondary N) is 1. The molecule has 154 valence electrons. The lowest BCUT2D eigenvalue weighted by atomic mass is 10.1. The summed E-state index contributed by atoms with van der Waals surface area (Å²) in [5.74, 6) is 0.203. The number of allylic oxidation sites excluding steroid dienone is 4. The number of Topliss-reactive ketones (excluding diaryl/α,β-unsaturated/α-hetero) is 1. The van der Waals surface area contributed by atoms with Crippen molar-refractivity contribution in [2.45, 2.75) is 38.5 Å². The Hall–Kier alpha value is -3.47. The van der Waals surface area contributed by atoms with Crippen LogP contribution in [0.3, 0.4) is 0 Å². The molecule has 2 aromatic rings. The molecule has 0 atom stereocenters. The molecular weight excluding hydrogens is 378 g/mol. The molecule has 0 fully saturated rings. The highest BCUT2D eigenvalue weighted by molar-refractivity contribution is 6.04. The zero-order valence-electron chi connectivity index (χ0n) is 16.8. The van der Waals surface area contributed by atoms with E-state index in [2.05, 4.69) is 5.32 Å². The highest BCUT2D eigenvalue weighted by Crippen LogP contribution is 2.19. The number of carbonyl (C=O) groups is 3. The topological polar surface area (TPSA) is 72.5 Å². The maximum absolute atomic E-state index is 12.1. The molecule has 1 N–H and O–H groups in total. The summed E-state index contributed by atoms with van der Waals surface area (Å²) in [7, 11) is 0. The van der Waals surface area contributed by atoms with Crippen molar-refractivity contribution < 1.29 is 19.1 Å². The van der Waals surface area contributed by atoms with E-state index in [1.807, 2.05) is 24.3 Å². The van der Waals surface area contributed by atoms with Crippen molar-refractivity contribution in [2.75, 3.05) is 5.32 Å². The summed E-state index contributed by atoms with van der Waals surface area (Å²) in [6.07, 6.45) is 9.93. The summed E-state index contributed by atoms with van der Waals surface area (Å²) in [4.78, 5) is 35.6. The zero-order chi connectivity index (χ0) is 21.2. The van der Waals surface area contributed by atoms with E-state index in [9.17, 15) is 14.4 Å². The number of esters is 1. The predicted octanol–water partition coefficient (Wildman–Crippen LogP) is 5.25. The van der Waals surface area contributed by atoms with Gasteiger partial charge in [0.25, 0.3) is 5.91 Å². The van der Waals surface area contributed by atoms with E-state index in [-0.39, 0.29) is 17.7 Å². The van der Waals surface area contributed by atoms with Gasteiger partial charge < -0.3 is 10.1 Å². The summed E-state index contributed by atoms with van der Waals surface area (Å²) in [6.45, 7) is 0. The highest BCUT2D eigenvalue weighted by atomic mass is 16.5. The number of hydrogen-bond acceptors (Lipinski definition) is 4. The highest BCUT2D eigenvalue weighted by Gasteiger charge is 2.12. The first-order valence-corrected chi connectivity index (χ1v) is 10.2. The fourth-order valence-corrected chi connectivity index (χ4v) is 3.12. The van der Waals surface area contributed by atoms with Gasteiger partial charge in [-0.05, 0) is 67.7 Å². The van der Waals surface area contributed by atoms with Gasteiger partial charge in [-0.1, -0.05) is 36.4 Å². The smallest absolute Gasteiger partial charge is 0.311 e. The number of ketones is 1. The number of amides is 1. The third-order valence-corrected chi connectivity index (χ3v) is 4.76. The van der Waals surface area contributed by atoms with Crippen molar-refractivity contribution in [1.29, 1.82) is 0 Å². The van der Waals surface area contributed by atoms with E-state index in [4.69, 9.17) is 4.74 Å². The zero-order valence-corrected chi connectivity index (χ0v) is 16.8. The number of anilines is 1. The standard InChI is InChI=1S/C25H25NO4/c27-23-13-8-12-19(23)9-4-1-2-7-14-24(28)30-22-17-15-21(16-18-22)26-25(29)20-10-5-3-6-11-20/h1,3-6,10-12,15-18H,2,7-9,13-14H2,(H,26,29)/b4-1-. The quantitative estimate of drug-likeness (QED) is 0.269. The Kier molecular flexibility index (Phi) is 7.72. The lowest BCUT2D eigenvalue weighted by Gasteiger charge is -2.07. The fraction of sp³-hybridized carbons (Fsp3) is 0.240. The Balaban J connectivity index is 1.36. The summed E-state index contributed by atoms with van der Waals surface area (Å²) < 4.78 is 5.33. The summed E-state index contributed by atoms with van der Waals surface area (Å²) in [6, 6.07) is 15.7. The van der Waals surface area contributed by atoms with Crippen LogP contribution in [0.5, 0.6) is 5.75 Å². The second kappa shape index (κ2) is 10.9. The molecule has 1 aliphatic rings. The second-order valence-electron chi connectivity index (χ2n) is 7.08. The Labute approximate surface area is 176 Å². The van der Waals surface area contributed by atoms with Gasteiger partial charge in [-0.25, -0.2) is 0 Å². The van der Waals surface area contributed by atoms with Crippen LogP contribution in [0, 0.1) is 0 Å². The number of carbonyl (C=O) groups excluding carboxylic acids is 3. The SMILES string of the molecule is O=C(CCC/C=C\CC1=CCCC1=O)Oc1ccc(NC(=O)c2ccccc2)cc1. The Morgan fingerprint density at radius 3 is 2.47 bits per heavy atom. The van der Waals surface area contributed by atoms with Crippen molar-refractivity contribution in [3.63, 3.8) is 0 Å². The second-order valence-corrected chi connectivity index (χ2v) is 7.08. The maximum Gasteiger partial charge on any atom is 0.311 e. The maximum atomic E-state index is 12.1. The fourth-order valence-electron chi connectivity index (χ4n) is 3.12. The van der Waals surface area contributed by atoms with Crippen LogP contribution in [0.25, 0.3) is 0 Å².